The first-order chi connectivity index (χ1) is 12.0. The van der Waals surface area contributed by atoms with Crippen molar-refractivity contribution in [3.05, 3.63) is 36.0 Å². The molecule has 3 atom stereocenters. The fraction of sp³-hybridized carbons (Fsp3) is 0.696. The number of hydrogen-bond acceptors (Lipinski definition) is 2. The van der Waals surface area contributed by atoms with E-state index in [0.29, 0.717) is 11.3 Å². The van der Waals surface area contributed by atoms with Gasteiger partial charge < -0.3 is 4.74 Å². The van der Waals surface area contributed by atoms with E-state index in [-0.39, 0.29) is 5.97 Å². The average molecular weight is 345 g/mol. The average Bonchev–Trinajstić information content (AvgIpc) is 2.60. The van der Waals surface area contributed by atoms with Gasteiger partial charge in [-0.25, -0.2) is 4.79 Å². The molecule has 2 aliphatic rings. The van der Waals surface area contributed by atoms with Gasteiger partial charge in [-0.05, 0) is 75.5 Å². The molecule has 0 aromatic rings. The highest BCUT2D eigenvalue weighted by molar-refractivity contribution is 5.81. The minimum atomic E-state index is -0.271. The Balaban J connectivity index is 1.83. The quantitative estimate of drug-likeness (QED) is 0.232. The topological polar surface area (TPSA) is 26.3 Å². The predicted molar refractivity (Wildman–Crippen MR) is 105 cm³/mol. The summed E-state index contributed by atoms with van der Waals surface area (Å²) in [5, 5.41) is 0. The molecule has 0 aromatic carbocycles. The SMILES string of the molecule is C=C1CCC2CCCC[C@]2(C)[C@H]1CC/C(C)=C/CC/C=C/C(=O)OC. The van der Waals surface area contributed by atoms with Crippen molar-refractivity contribution in [1.82, 2.24) is 0 Å². The van der Waals surface area contributed by atoms with Crippen LogP contribution in [0.2, 0.25) is 0 Å². The largest absolute Gasteiger partial charge is 0.466 e. The van der Waals surface area contributed by atoms with Gasteiger partial charge in [0.15, 0.2) is 0 Å². The smallest absolute Gasteiger partial charge is 0.330 e. The number of methoxy groups -OCH3 is 1. The molecule has 0 aromatic heterocycles. The second-order valence-corrected chi connectivity index (χ2v) is 8.29. The first kappa shape index (κ1) is 20.0. The third kappa shape index (κ3) is 5.33. The van der Waals surface area contributed by atoms with Gasteiger partial charge in [-0.2, -0.15) is 0 Å². The van der Waals surface area contributed by atoms with Crippen molar-refractivity contribution >= 4 is 5.97 Å². The summed E-state index contributed by atoms with van der Waals surface area (Å²) in [5.74, 6) is 1.35. The van der Waals surface area contributed by atoms with Gasteiger partial charge in [-0.1, -0.05) is 49.6 Å². The zero-order valence-corrected chi connectivity index (χ0v) is 16.5. The maximum absolute atomic E-state index is 11.0. The third-order valence-electron chi connectivity index (χ3n) is 6.66. The van der Waals surface area contributed by atoms with Gasteiger partial charge in [0.1, 0.15) is 0 Å². The molecule has 2 heteroatoms. The maximum Gasteiger partial charge on any atom is 0.330 e. The number of ether oxygens (including phenoxy) is 1. The summed E-state index contributed by atoms with van der Waals surface area (Å²) in [4.78, 5) is 11.0. The Labute approximate surface area is 154 Å². The monoisotopic (exact) mass is 344 g/mol. The Kier molecular flexibility index (Phi) is 7.53. The highest BCUT2D eigenvalue weighted by Gasteiger charge is 2.45. The third-order valence-corrected chi connectivity index (χ3v) is 6.66. The van der Waals surface area contributed by atoms with Crippen LogP contribution < -0.4 is 0 Å². The highest BCUT2D eigenvalue weighted by atomic mass is 16.5. The molecule has 0 bridgehead atoms. The number of hydrogen-bond donors (Lipinski definition) is 0. The summed E-state index contributed by atoms with van der Waals surface area (Å²) in [6.07, 6.45) is 18.3. The first-order valence-electron chi connectivity index (χ1n) is 10.0. The summed E-state index contributed by atoms with van der Waals surface area (Å²) in [6.45, 7) is 9.24. The zero-order valence-electron chi connectivity index (χ0n) is 16.5. The van der Waals surface area contributed by atoms with Gasteiger partial charge in [0.05, 0.1) is 7.11 Å². The Hall–Kier alpha value is -1.31. The van der Waals surface area contributed by atoms with E-state index in [9.17, 15) is 4.79 Å². The number of allylic oxidation sites excluding steroid dienone is 4. The van der Waals surface area contributed by atoms with Crippen LogP contribution in [-0.4, -0.2) is 13.1 Å². The van der Waals surface area contributed by atoms with E-state index in [1.807, 2.05) is 6.08 Å². The number of unbranched alkanes of at least 4 members (excludes halogenated alkanes) is 1. The lowest BCUT2D eigenvalue weighted by Gasteiger charge is -2.52. The number of rotatable bonds is 7. The van der Waals surface area contributed by atoms with Crippen LogP contribution in [0.4, 0.5) is 0 Å². The first-order valence-corrected chi connectivity index (χ1v) is 10.0. The lowest BCUT2D eigenvalue weighted by molar-refractivity contribution is -0.134. The van der Waals surface area contributed by atoms with Crippen LogP contribution in [0.15, 0.2) is 36.0 Å². The molecule has 1 unspecified atom stereocenters. The minimum absolute atomic E-state index is 0.271. The van der Waals surface area contributed by atoms with Gasteiger partial charge in [0.2, 0.25) is 0 Å². The Morgan fingerprint density at radius 1 is 1.32 bits per heavy atom. The van der Waals surface area contributed by atoms with Crippen LogP contribution in [0.1, 0.15) is 78.1 Å². The summed E-state index contributed by atoms with van der Waals surface area (Å²) in [6, 6.07) is 0. The molecule has 25 heavy (non-hydrogen) atoms. The lowest BCUT2D eigenvalue weighted by atomic mass is 9.53. The van der Waals surface area contributed by atoms with E-state index in [4.69, 9.17) is 0 Å². The molecule has 2 rings (SSSR count). The van der Waals surface area contributed by atoms with Crippen LogP contribution in [0.5, 0.6) is 0 Å². The molecule has 140 valence electrons. The van der Waals surface area contributed by atoms with Crippen molar-refractivity contribution in [3.63, 3.8) is 0 Å². The molecule has 2 fully saturated rings. The number of fused-ring (bicyclic) bond motifs is 1. The molecule has 2 saturated carbocycles. The van der Waals surface area contributed by atoms with E-state index >= 15 is 0 Å². The van der Waals surface area contributed by atoms with Gasteiger partial charge in [0, 0.05) is 6.08 Å². The second kappa shape index (κ2) is 9.40. The van der Waals surface area contributed by atoms with Crippen LogP contribution in [0.25, 0.3) is 0 Å². The molecule has 2 aliphatic carbocycles. The predicted octanol–water partition coefficient (Wildman–Crippen LogP) is 6.39. The van der Waals surface area contributed by atoms with Crippen molar-refractivity contribution < 1.29 is 9.53 Å². The van der Waals surface area contributed by atoms with Crippen molar-refractivity contribution in [2.45, 2.75) is 78.1 Å². The minimum Gasteiger partial charge on any atom is -0.466 e. The van der Waals surface area contributed by atoms with E-state index in [2.05, 4.69) is 31.2 Å². The summed E-state index contributed by atoms with van der Waals surface area (Å²) >= 11 is 0. The van der Waals surface area contributed by atoms with Crippen molar-refractivity contribution in [3.8, 4) is 0 Å². The van der Waals surface area contributed by atoms with E-state index in [0.717, 1.165) is 18.8 Å². The van der Waals surface area contributed by atoms with Crippen LogP contribution in [0, 0.1) is 17.3 Å². The van der Waals surface area contributed by atoms with E-state index in [1.54, 1.807) is 0 Å². The number of carbonyl (C=O) groups excluding carboxylic acids is 1. The Morgan fingerprint density at radius 2 is 2.12 bits per heavy atom. The molecule has 0 saturated heterocycles. The highest BCUT2D eigenvalue weighted by Crippen LogP contribution is 2.56. The summed E-state index contributed by atoms with van der Waals surface area (Å²) in [7, 11) is 1.41. The summed E-state index contributed by atoms with van der Waals surface area (Å²) in [5.41, 5.74) is 3.48. The Bertz CT molecular complexity index is 528. The molecule has 0 N–H and O–H groups in total. The van der Waals surface area contributed by atoms with Crippen LogP contribution in [0.3, 0.4) is 0 Å². The molecule has 0 amide bonds. The molecular weight excluding hydrogens is 308 g/mol. The van der Waals surface area contributed by atoms with Crippen molar-refractivity contribution in [2.75, 3.05) is 7.11 Å². The van der Waals surface area contributed by atoms with E-state index in [1.165, 1.54) is 75.7 Å². The van der Waals surface area contributed by atoms with Crippen LogP contribution in [-0.2, 0) is 9.53 Å². The van der Waals surface area contributed by atoms with Gasteiger partial charge >= 0.3 is 5.97 Å². The molecule has 0 heterocycles. The van der Waals surface area contributed by atoms with Crippen LogP contribution >= 0.6 is 0 Å². The molecule has 0 spiro atoms. The van der Waals surface area contributed by atoms with Gasteiger partial charge in [-0.15, -0.1) is 0 Å². The molecular formula is C23H36O2. The number of carbonyl (C=O) groups is 1. The molecule has 2 nitrogen and oxygen atoms in total. The molecule has 0 radical (unpaired) electrons. The summed E-state index contributed by atoms with van der Waals surface area (Å²) < 4.78 is 4.60. The standard InChI is InChI=1S/C23H36O2/c1-18(10-6-5-7-12-22(24)25-4)13-16-21-19(2)14-15-20-11-8-9-17-23(20,21)3/h7,10,12,20-21H,2,5-6,8-9,11,13-17H2,1,3-4H3/b12-7+,18-10+/t20?,21-,23-/m0/s1. The normalized spacial score (nSPS) is 30.4. The second-order valence-electron chi connectivity index (χ2n) is 8.29. The Morgan fingerprint density at radius 3 is 2.88 bits per heavy atom. The van der Waals surface area contributed by atoms with E-state index < -0.39 is 0 Å². The molecule has 0 aliphatic heterocycles. The fourth-order valence-electron chi connectivity index (χ4n) is 5.04. The van der Waals surface area contributed by atoms with Gasteiger partial charge in [-0.3, -0.25) is 0 Å². The van der Waals surface area contributed by atoms with Crippen molar-refractivity contribution in [1.29, 1.82) is 0 Å². The number of esters is 1. The fourth-order valence-corrected chi connectivity index (χ4v) is 5.04. The zero-order chi connectivity index (χ0) is 18.3. The lowest BCUT2D eigenvalue weighted by Crippen LogP contribution is -2.42. The van der Waals surface area contributed by atoms with Gasteiger partial charge in [0.25, 0.3) is 0 Å². The van der Waals surface area contributed by atoms with Crippen molar-refractivity contribution in [2.24, 2.45) is 17.3 Å². The maximum atomic E-state index is 11.0.